The van der Waals surface area contributed by atoms with Gasteiger partial charge < -0.3 is 9.30 Å². The van der Waals surface area contributed by atoms with Crippen LogP contribution in [0.15, 0.2) is 24.3 Å². The summed E-state index contributed by atoms with van der Waals surface area (Å²) >= 11 is 0. The molecular weight excluding hydrogens is 248 g/mol. The molecule has 1 aliphatic carbocycles. The Kier molecular flexibility index (Phi) is 2.79. The maximum Gasteiger partial charge on any atom is 0.123 e. The molecule has 3 heteroatoms. The molecule has 104 valence electrons. The van der Waals surface area contributed by atoms with E-state index in [1.807, 2.05) is 6.07 Å². The van der Waals surface area contributed by atoms with Crippen LogP contribution in [0.4, 0.5) is 0 Å². The summed E-state index contributed by atoms with van der Waals surface area (Å²) in [6, 6.07) is 8.39. The van der Waals surface area contributed by atoms with Gasteiger partial charge in [0.25, 0.3) is 0 Å². The zero-order valence-electron chi connectivity index (χ0n) is 11.9. The number of hydrogen-bond acceptors (Lipinski definition) is 2. The van der Waals surface area contributed by atoms with Crippen molar-refractivity contribution in [3.05, 3.63) is 47.0 Å². The molecule has 1 aliphatic heterocycles. The SMILES string of the molecule is Cc1nc2c(n1CC1Cc3ccccc3O1)CCCC2. The first-order chi connectivity index (χ1) is 9.81. The van der Waals surface area contributed by atoms with E-state index < -0.39 is 0 Å². The number of aromatic nitrogens is 2. The highest BCUT2D eigenvalue weighted by molar-refractivity contribution is 5.37. The van der Waals surface area contributed by atoms with Gasteiger partial charge in [0.15, 0.2) is 0 Å². The van der Waals surface area contributed by atoms with Crippen LogP contribution in [0.1, 0.15) is 35.6 Å². The van der Waals surface area contributed by atoms with Gasteiger partial charge in [-0.05, 0) is 44.2 Å². The maximum atomic E-state index is 6.08. The fraction of sp³-hybridized carbons (Fsp3) is 0.471. The predicted molar refractivity (Wildman–Crippen MR) is 78.2 cm³/mol. The normalized spacial score (nSPS) is 20.4. The first-order valence-corrected chi connectivity index (χ1v) is 7.60. The lowest BCUT2D eigenvalue weighted by Gasteiger charge is -2.18. The van der Waals surface area contributed by atoms with Crippen molar-refractivity contribution in [3.63, 3.8) is 0 Å². The summed E-state index contributed by atoms with van der Waals surface area (Å²) in [6.07, 6.45) is 6.18. The van der Waals surface area contributed by atoms with Crippen LogP contribution in [-0.4, -0.2) is 15.7 Å². The summed E-state index contributed by atoms with van der Waals surface area (Å²) in [5.41, 5.74) is 4.11. The van der Waals surface area contributed by atoms with Gasteiger partial charge in [0.1, 0.15) is 17.7 Å². The Labute approximate surface area is 119 Å². The largest absolute Gasteiger partial charge is 0.488 e. The standard InChI is InChI=1S/C17H20N2O/c1-12-18-15-7-3-4-8-16(15)19(12)11-14-10-13-6-2-5-9-17(13)20-14/h2,5-6,9,14H,3-4,7-8,10-11H2,1H3. The van der Waals surface area contributed by atoms with Gasteiger partial charge in [-0.3, -0.25) is 0 Å². The third kappa shape index (κ3) is 1.92. The fourth-order valence-corrected chi connectivity index (χ4v) is 3.54. The van der Waals surface area contributed by atoms with Crippen molar-refractivity contribution in [2.24, 2.45) is 0 Å². The third-order valence-electron chi connectivity index (χ3n) is 4.52. The fourth-order valence-electron chi connectivity index (χ4n) is 3.54. The van der Waals surface area contributed by atoms with Crippen LogP contribution in [0.2, 0.25) is 0 Å². The molecule has 0 bridgehead atoms. The molecular formula is C17H20N2O. The Bertz CT molecular complexity index is 619. The Hall–Kier alpha value is -1.77. The third-order valence-corrected chi connectivity index (χ3v) is 4.52. The molecule has 2 aromatic rings. The highest BCUT2D eigenvalue weighted by Gasteiger charge is 2.25. The second-order valence-electron chi connectivity index (χ2n) is 5.92. The molecule has 20 heavy (non-hydrogen) atoms. The predicted octanol–water partition coefficient (Wildman–Crippen LogP) is 3.07. The summed E-state index contributed by atoms with van der Waals surface area (Å²) < 4.78 is 8.47. The van der Waals surface area contributed by atoms with Crippen molar-refractivity contribution in [2.75, 3.05) is 0 Å². The van der Waals surface area contributed by atoms with Crippen molar-refractivity contribution in [1.29, 1.82) is 0 Å². The van der Waals surface area contributed by atoms with Crippen LogP contribution in [0.25, 0.3) is 0 Å². The van der Waals surface area contributed by atoms with Crippen molar-refractivity contribution in [2.45, 2.75) is 51.7 Å². The quantitative estimate of drug-likeness (QED) is 0.837. The van der Waals surface area contributed by atoms with Gasteiger partial charge in [0, 0.05) is 12.1 Å². The van der Waals surface area contributed by atoms with Crippen LogP contribution >= 0.6 is 0 Å². The molecule has 2 aliphatic rings. The van der Waals surface area contributed by atoms with E-state index in [0.29, 0.717) is 0 Å². The van der Waals surface area contributed by atoms with Crippen LogP contribution < -0.4 is 4.74 Å². The number of hydrogen-bond donors (Lipinski definition) is 0. The topological polar surface area (TPSA) is 27.1 Å². The first-order valence-electron chi connectivity index (χ1n) is 7.60. The minimum atomic E-state index is 0.256. The van der Waals surface area contributed by atoms with Crippen molar-refractivity contribution < 1.29 is 4.74 Å². The molecule has 0 radical (unpaired) electrons. The maximum absolute atomic E-state index is 6.08. The van der Waals surface area contributed by atoms with E-state index in [1.165, 1.54) is 36.2 Å². The van der Waals surface area contributed by atoms with Crippen LogP contribution in [0.3, 0.4) is 0 Å². The molecule has 4 rings (SSSR count). The van der Waals surface area contributed by atoms with Gasteiger partial charge in [-0.25, -0.2) is 4.98 Å². The Morgan fingerprint density at radius 2 is 2.10 bits per heavy atom. The van der Waals surface area contributed by atoms with Gasteiger partial charge in [-0.2, -0.15) is 0 Å². The van der Waals surface area contributed by atoms with E-state index in [4.69, 9.17) is 9.72 Å². The second-order valence-corrected chi connectivity index (χ2v) is 5.92. The number of nitrogens with zero attached hydrogens (tertiary/aromatic N) is 2. The second kappa shape index (κ2) is 4.65. The molecule has 0 saturated heterocycles. The monoisotopic (exact) mass is 268 g/mol. The minimum Gasteiger partial charge on any atom is -0.488 e. The zero-order valence-corrected chi connectivity index (χ0v) is 11.9. The molecule has 0 saturated carbocycles. The van der Waals surface area contributed by atoms with E-state index in [-0.39, 0.29) is 6.10 Å². The van der Waals surface area contributed by atoms with Crippen LogP contribution in [0, 0.1) is 6.92 Å². The number of fused-ring (bicyclic) bond motifs is 2. The highest BCUT2D eigenvalue weighted by atomic mass is 16.5. The average molecular weight is 268 g/mol. The Morgan fingerprint density at radius 3 is 3.00 bits per heavy atom. The van der Waals surface area contributed by atoms with E-state index in [0.717, 1.165) is 31.0 Å². The van der Waals surface area contributed by atoms with Gasteiger partial charge >= 0.3 is 0 Å². The number of para-hydroxylation sites is 1. The average Bonchev–Trinajstić information content (AvgIpc) is 3.00. The van der Waals surface area contributed by atoms with E-state index in [9.17, 15) is 0 Å². The molecule has 0 amide bonds. The molecule has 0 N–H and O–H groups in total. The van der Waals surface area contributed by atoms with Crippen molar-refractivity contribution >= 4 is 0 Å². The minimum absolute atomic E-state index is 0.256. The summed E-state index contributed by atoms with van der Waals surface area (Å²) in [7, 11) is 0. The lowest BCUT2D eigenvalue weighted by Crippen LogP contribution is -2.23. The van der Waals surface area contributed by atoms with Gasteiger partial charge in [0.05, 0.1) is 12.2 Å². The molecule has 1 aromatic heterocycles. The smallest absolute Gasteiger partial charge is 0.123 e. The molecule has 1 aromatic carbocycles. The summed E-state index contributed by atoms with van der Waals surface area (Å²) in [5.74, 6) is 2.21. The Morgan fingerprint density at radius 1 is 1.25 bits per heavy atom. The van der Waals surface area contributed by atoms with E-state index in [2.05, 4.69) is 29.7 Å². The number of aryl methyl sites for hydroxylation is 2. The van der Waals surface area contributed by atoms with Gasteiger partial charge in [-0.15, -0.1) is 0 Å². The van der Waals surface area contributed by atoms with Crippen molar-refractivity contribution in [3.8, 4) is 5.75 Å². The lowest BCUT2D eigenvalue weighted by atomic mass is 10.0. The van der Waals surface area contributed by atoms with E-state index in [1.54, 1.807) is 0 Å². The molecule has 2 heterocycles. The Balaban J connectivity index is 1.58. The first kappa shape index (κ1) is 12.0. The molecule has 1 atom stereocenters. The molecule has 0 fully saturated rings. The summed E-state index contributed by atoms with van der Waals surface area (Å²) in [6.45, 7) is 3.06. The van der Waals surface area contributed by atoms with Crippen molar-refractivity contribution in [1.82, 2.24) is 9.55 Å². The zero-order chi connectivity index (χ0) is 13.5. The van der Waals surface area contributed by atoms with E-state index >= 15 is 0 Å². The lowest BCUT2D eigenvalue weighted by molar-refractivity contribution is 0.206. The van der Waals surface area contributed by atoms with Gasteiger partial charge in [0.2, 0.25) is 0 Å². The summed E-state index contributed by atoms with van der Waals surface area (Å²) in [4.78, 5) is 4.75. The number of ether oxygens (including phenoxy) is 1. The molecule has 3 nitrogen and oxygen atoms in total. The summed E-state index contributed by atoms with van der Waals surface area (Å²) in [5, 5.41) is 0. The number of benzene rings is 1. The molecule has 0 spiro atoms. The van der Waals surface area contributed by atoms with Crippen LogP contribution in [-0.2, 0) is 25.8 Å². The number of rotatable bonds is 2. The number of imidazole rings is 1. The highest BCUT2D eigenvalue weighted by Crippen LogP contribution is 2.30. The van der Waals surface area contributed by atoms with Crippen LogP contribution in [0.5, 0.6) is 5.75 Å². The van der Waals surface area contributed by atoms with Gasteiger partial charge in [-0.1, -0.05) is 18.2 Å². The molecule has 1 unspecified atom stereocenters.